The van der Waals surface area contributed by atoms with E-state index in [4.69, 9.17) is 9.72 Å². The zero-order valence-corrected chi connectivity index (χ0v) is 17.4. The van der Waals surface area contributed by atoms with Gasteiger partial charge in [0.15, 0.2) is 11.7 Å². The van der Waals surface area contributed by atoms with Gasteiger partial charge in [-0.05, 0) is 36.4 Å². The molecule has 0 aliphatic carbocycles. The number of nitriles is 1. The summed E-state index contributed by atoms with van der Waals surface area (Å²) in [7, 11) is 0. The second-order valence-corrected chi connectivity index (χ2v) is 7.35. The number of carbonyl (C=O) groups is 1. The van der Waals surface area contributed by atoms with E-state index in [0.29, 0.717) is 43.0 Å². The first-order valence-corrected chi connectivity index (χ1v) is 10.3. The molecule has 1 saturated heterocycles. The summed E-state index contributed by atoms with van der Waals surface area (Å²) in [6.07, 6.45) is 1.45. The molecular formula is C24H22FN5O2. The van der Waals surface area contributed by atoms with Crippen LogP contribution in [0.15, 0.2) is 61.2 Å². The highest BCUT2D eigenvalue weighted by Gasteiger charge is 2.31. The predicted octanol–water partition coefficient (Wildman–Crippen LogP) is 3.43. The molecular weight excluding hydrogens is 409 g/mol. The highest BCUT2D eigenvalue weighted by atomic mass is 19.1. The molecule has 1 atom stereocenters. The van der Waals surface area contributed by atoms with Gasteiger partial charge in [0.05, 0.1) is 17.1 Å². The van der Waals surface area contributed by atoms with Crippen LogP contribution in [0.3, 0.4) is 0 Å². The minimum atomic E-state index is -1.20. The first-order valence-electron chi connectivity index (χ1n) is 10.3. The van der Waals surface area contributed by atoms with Crippen molar-refractivity contribution in [1.82, 2.24) is 9.97 Å². The van der Waals surface area contributed by atoms with Gasteiger partial charge in [0.1, 0.15) is 18.1 Å². The summed E-state index contributed by atoms with van der Waals surface area (Å²) in [6.45, 7) is 6.13. The van der Waals surface area contributed by atoms with E-state index >= 15 is 0 Å². The Kier molecular flexibility index (Phi) is 6.26. The number of carbonyl (C=O) groups excluding carboxylic acids is 1. The molecule has 0 bridgehead atoms. The van der Waals surface area contributed by atoms with Crippen molar-refractivity contribution in [3.8, 4) is 6.07 Å². The largest absolute Gasteiger partial charge is 0.460 e. The molecule has 0 unspecified atom stereocenters. The van der Waals surface area contributed by atoms with Crippen molar-refractivity contribution in [3.05, 3.63) is 72.7 Å². The standard InChI is InChI=1S/C24H22FN5O2/c1-2-15-32-24(31)19(16-26)22-23(28-21-6-4-3-5-20(21)27-22)30-13-11-29(12-14-30)18-9-7-17(25)8-10-18/h2-10,19H,1,11-15H2/t19-/m1/s1. The van der Waals surface area contributed by atoms with Crippen molar-refractivity contribution < 1.29 is 13.9 Å². The number of rotatable bonds is 6. The minimum Gasteiger partial charge on any atom is -0.460 e. The van der Waals surface area contributed by atoms with E-state index in [2.05, 4.69) is 16.5 Å². The Bertz CT molecular complexity index is 1170. The lowest BCUT2D eigenvalue weighted by Crippen LogP contribution is -2.47. The Morgan fingerprint density at radius 2 is 1.72 bits per heavy atom. The van der Waals surface area contributed by atoms with Gasteiger partial charge in [-0.25, -0.2) is 14.4 Å². The summed E-state index contributed by atoms with van der Waals surface area (Å²) in [6, 6.07) is 15.8. The number of piperazine rings is 1. The van der Waals surface area contributed by atoms with Crippen molar-refractivity contribution in [2.75, 3.05) is 42.6 Å². The Morgan fingerprint density at radius 1 is 1.09 bits per heavy atom. The van der Waals surface area contributed by atoms with E-state index in [1.807, 2.05) is 29.2 Å². The SMILES string of the molecule is C=CCOC(=O)[C@H](C#N)c1nc2ccccc2nc1N1CCN(c2ccc(F)cc2)CC1. The van der Waals surface area contributed by atoms with Crippen LogP contribution in [0, 0.1) is 17.1 Å². The second-order valence-electron chi connectivity index (χ2n) is 7.35. The Labute approximate surface area is 185 Å². The molecule has 0 saturated carbocycles. The summed E-state index contributed by atoms with van der Waals surface area (Å²) >= 11 is 0. The van der Waals surface area contributed by atoms with Crippen LogP contribution in [0.2, 0.25) is 0 Å². The quantitative estimate of drug-likeness (QED) is 0.437. The molecule has 0 amide bonds. The highest BCUT2D eigenvalue weighted by molar-refractivity contribution is 5.85. The van der Waals surface area contributed by atoms with Crippen LogP contribution in [0.1, 0.15) is 11.6 Å². The van der Waals surface area contributed by atoms with Crippen LogP contribution in [-0.4, -0.2) is 48.7 Å². The molecule has 0 spiro atoms. The molecule has 7 nitrogen and oxygen atoms in total. The number of ether oxygens (including phenoxy) is 1. The first kappa shape index (κ1) is 21.2. The molecule has 1 fully saturated rings. The Morgan fingerprint density at radius 3 is 2.34 bits per heavy atom. The number of nitrogens with zero attached hydrogens (tertiary/aromatic N) is 5. The average Bonchev–Trinajstić information content (AvgIpc) is 2.83. The molecule has 8 heteroatoms. The fourth-order valence-corrected chi connectivity index (χ4v) is 3.71. The Hall–Kier alpha value is -3.99. The average molecular weight is 431 g/mol. The van der Waals surface area contributed by atoms with Gasteiger partial charge in [0, 0.05) is 31.9 Å². The molecule has 0 radical (unpaired) electrons. The van der Waals surface area contributed by atoms with Gasteiger partial charge in [-0.2, -0.15) is 5.26 Å². The van der Waals surface area contributed by atoms with Crippen molar-refractivity contribution in [2.24, 2.45) is 0 Å². The summed E-state index contributed by atoms with van der Waals surface area (Å²) in [5.41, 5.74) is 2.52. The molecule has 2 aromatic carbocycles. The van der Waals surface area contributed by atoms with Crippen molar-refractivity contribution in [2.45, 2.75) is 5.92 Å². The molecule has 2 heterocycles. The van der Waals surface area contributed by atoms with Crippen LogP contribution in [0.25, 0.3) is 11.0 Å². The number of anilines is 2. The number of esters is 1. The van der Waals surface area contributed by atoms with Crippen molar-refractivity contribution in [1.29, 1.82) is 5.26 Å². The van der Waals surface area contributed by atoms with Crippen LogP contribution in [0.4, 0.5) is 15.9 Å². The number of para-hydroxylation sites is 2. The minimum absolute atomic E-state index is 0.0176. The van der Waals surface area contributed by atoms with Gasteiger partial charge >= 0.3 is 5.97 Å². The van der Waals surface area contributed by atoms with E-state index in [0.717, 1.165) is 5.69 Å². The summed E-state index contributed by atoms with van der Waals surface area (Å²) < 4.78 is 18.4. The topological polar surface area (TPSA) is 82.3 Å². The Balaban J connectivity index is 1.64. The molecule has 162 valence electrons. The number of fused-ring (bicyclic) bond motifs is 1. The van der Waals surface area contributed by atoms with Crippen LogP contribution < -0.4 is 9.80 Å². The molecule has 1 aliphatic rings. The van der Waals surface area contributed by atoms with Crippen LogP contribution >= 0.6 is 0 Å². The lowest BCUT2D eigenvalue weighted by atomic mass is 10.1. The fraction of sp³-hybridized carbons (Fsp3) is 0.250. The van der Waals surface area contributed by atoms with Crippen LogP contribution in [-0.2, 0) is 9.53 Å². The normalized spacial score (nSPS) is 14.6. The number of hydrogen-bond acceptors (Lipinski definition) is 7. The molecule has 0 N–H and O–H groups in total. The fourth-order valence-electron chi connectivity index (χ4n) is 3.71. The van der Waals surface area contributed by atoms with E-state index in [-0.39, 0.29) is 18.1 Å². The van der Waals surface area contributed by atoms with E-state index in [1.54, 1.807) is 18.2 Å². The molecule has 4 rings (SSSR count). The van der Waals surface area contributed by atoms with Crippen molar-refractivity contribution in [3.63, 3.8) is 0 Å². The third kappa shape index (κ3) is 4.37. The van der Waals surface area contributed by atoms with E-state index in [9.17, 15) is 14.4 Å². The van der Waals surface area contributed by atoms with Gasteiger partial charge < -0.3 is 14.5 Å². The zero-order chi connectivity index (χ0) is 22.5. The lowest BCUT2D eigenvalue weighted by Gasteiger charge is -2.37. The summed E-state index contributed by atoms with van der Waals surface area (Å²) in [4.78, 5) is 26.1. The van der Waals surface area contributed by atoms with E-state index in [1.165, 1.54) is 18.2 Å². The van der Waals surface area contributed by atoms with E-state index < -0.39 is 11.9 Å². The third-order valence-electron chi connectivity index (χ3n) is 5.33. The smallest absolute Gasteiger partial charge is 0.330 e. The van der Waals surface area contributed by atoms with Gasteiger partial charge in [0.25, 0.3) is 0 Å². The molecule has 32 heavy (non-hydrogen) atoms. The number of benzene rings is 2. The van der Waals surface area contributed by atoms with Gasteiger partial charge in [-0.15, -0.1) is 0 Å². The number of hydrogen-bond donors (Lipinski definition) is 0. The van der Waals surface area contributed by atoms with Gasteiger partial charge in [0.2, 0.25) is 0 Å². The van der Waals surface area contributed by atoms with Crippen molar-refractivity contribution >= 4 is 28.5 Å². The summed E-state index contributed by atoms with van der Waals surface area (Å²) in [5, 5.41) is 9.76. The molecule has 1 aromatic heterocycles. The predicted molar refractivity (Wildman–Crippen MR) is 120 cm³/mol. The maximum atomic E-state index is 13.2. The summed E-state index contributed by atoms with van der Waals surface area (Å²) in [5.74, 6) is -1.64. The first-order chi connectivity index (χ1) is 15.6. The third-order valence-corrected chi connectivity index (χ3v) is 5.33. The molecule has 1 aliphatic heterocycles. The number of aromatic nitrogens is 2. The molecule has 3 aromatic rings. The zero-order valence-electron chi connectivity index (χ0n) is 17.4. The maximum Gasteiger partial charge on any atom is 0.330 e. The second kappa shape index (κ2) is 9.43. The van der Waals surface area contributed by atoms with Gasteiger partial charge in [-0.3, -0.25) is 4.79 Å². The highest BCUT2D eigenvalue weighted by Crippen LogP contribution is 2.29. The van der Waals surface area contributed by atoms with Crippen LogP contribution in [0.5, 0.6) is 0 Å². The van der Waals surface area contributed by atoms with Gasteiger partial charge in [-0.1, -0.05) is 24.8 Å². The monoisotopic (exact) mass is 431 g/mol. The number of halogens is 1. The maximum absolute atomic E-state index is 13.2. The lowest BCUT2D eigenvalue weighted by molar-refractivity contribution is -0.142.